The molecule has 20 heavy (non-hydrogen) atoms. The molecular formula is C14H16N4O2. The van der Waals surface area contributed by atoms with Crippen molar-refractivity contribution in [2.45, 2.75) is 6.54 Å². The summed E-state index contributed by atoms with van der Waals surface area (Å²) in [6.45, 7) is 0.279. The maximum Gasteiger partial charge on any atom is 0.251 e. The SMILES string of the molecule is Cn1ccnc1CNC(=O)CNC(=O)c1ccccc1. The van der Waals surface area contributed by atoms with Gasteiger partial charge in [0.15, 0.2) is 0 Å². The second-order valence-electron chi connectivity index (χ2n) is 4.28. The zero-order valence-electron chi connectivity index (χ0n) is 11.2. The zero-order valence-corrected chi connectivity index (χ0v) is 11.2. The van der Waals surface area contributed by atoms with Gasteiger partial charge in [-0.2, -0.15) is 0 Å². The standard InChI is InChI=1S/C14H16N4O2/c1-18-8-7-15-12(18)9-16-13(19)10-17-14(20)11-5-3-2-4-6-11/h2-8H,9-10H2,1H3,(H,16,19)(H,17,20). The summed E-state index contributed by atoms with van der Waals surface area (Å²) in [5.74, 6) is 0.239. The molecule has 0 spiro atoms. The number of aromatic nitrogens is 2. The van der Waals surface area contributed by atoms with Crippen LogP contribution in [0.5, 0.6) is 0 Å². The van der Waals surface area contributed by atoms with Crippen molar-refractivity contribution in [3.8, 4) is 0 Å². The molecule has 0 bridgehead atoms. The molecule has 0 radical (unpaired) electrons. The lowest BCUT2D eigenvalue weighted by Crippen LogP contribution is -2.37. The molecule has 2 amide bonds. The highest BCUT2D eigenvalue weighted by atomic mass is 16.2. The number of benzene rings is 1. The van der Waals surface area contributed by atoms with E-state index in [2.05, 4.69) is 15.6 Å². The number of nitrogens with zero attached hydrogens (tertiary/aromatic N) is 2. The Hall–Kier alpha value is -2.63. The Morgan fingerprint density at radius 3 is 2.60 bits per heavy atom. The van der Waals surface area contributed by atoms with Crippen LogP contribution < -0.4 is 10.6 Å². The lowest BCUT2D eigenvalue weighted by Gasteiger charge is -2.07. The van der Waals surface area contributed by atoms with E-state index in [-0.39, 0.29) is 18.4 Å². The Balaban J connectivity index is 1.75. The van der Waals surface area contributed by atoms with Crippen molar-refractivity contribution in [2.24, 2.45) is 7.05 Å². The lowest BCUT2D eigenvalue weighted by atomic mass is 10.2. The van der Waals surface area contributed by atoms with E-state index in [0.29, 0.717) is 12.1 Å². The molecular weight excluding hydrogens is 256 g/mol. The van der Waals surface area contributed by atoms with Gasteiger partial charge in [0.2, 0.25) is 5.91 Å². The molecule has 104 valence electrons. The smallest absolute Gasteiger partial charge is 0.251 e. The summed E-state index contributed by atoms with van der Waals surface area (Å²) in [6, 6.07) is 8.77. The van der Waals surface area contributed by atoms with Crippen LogP contribution in [0, 0.1) is 0 Å². The Morgan fingerprint density at radius 1 is 1.20 bits per heavy atom. The topological polar surface area (TPSA) is 76.0 Å². The largest absolute Gasteiger partial charge is 0.347 e. The van der Waals surface area contributed by atoms with Crippen molar-refractivity contribution in [1.82, 2.24) is 20.2 Å². The first-order valence-electron chi connectivity index (χ1n) is 6.23. The van der Waals surface area contributed by atoms with E-state index in [1.807, 2.05) is 17.7 Å². The van der Waals surface area contributed by atoms with E-state index in [4.69, 9.17) is 0 Å². The molecule has 0 aliphatic carbocycles. The Bertz CT molecular complexity index is 592. The van der Waals surface area contributed by atoms with Crippen LogP contribution in [0.15, 0.2) is 42.7 Å². The molecule has 0 saturated carbocycles. The van der Waals surface area contributed by atoms with Crippen LogP contribution in [0.3, 0.4) is 0 Å². The van der Waals surface area contributed by atoms with Crippen molar-refractivity contribution < 1.29 is 9.59 Å². The summed E-state index contributed by atoms with van der Waals surface area (Å²) in [5.41, 5.74) is 0.532. The molecule has 1 heterocycles. The molecule has 2 rings (SSSR count). The summed E-state index contributed by atoms with van der Waals surface area (Å²) in [7, 11) is 1.85. The fourth-order valence-electron chi connectivity index (χ4n) is 1.66. The quantitative estimate of drug-likeness (QED) is 0.830. The van der Waals surface area contributed by atoms with Crippen LogP contribution in [0.2, 0.25) is 0 Å². The van der Waals surface area contributed by atoms with Gasteiger partial charge < -0.3 is 15.2 Å². The van der Waals surface area contributed by atoms with Crippen LogP contribution in [0.25, 0.3) is 0 Å². The minimum atomic E-state index is -0.266. The third kappa shape index (κ3) is 3.68. The summed E-state index contributed by atoms with van der Waals surface area (Å²) in [6.07, 6.45) is 3.47. The average molecular weight is 272 g/mol. The number of imidazole rings is 1. The van der Waals surface area contributed by atoms with Gasteiger partial charge in [0.05, 0.1) is 13.1 Å². The predicted octanol–water partition coefficient (Wildman–Crippen LogP) is 0.466. The van der Waals surface area contributed by atoms with E-state index in [0.717, 1.165) is 5.82 Å². The first-order valence-corrected chi connectivity index (χ1v) is 6.23. The van der Waals surface area contributed by atoms with Crippen molar-refractivity contribution >= 4 is 11.8 Å². The molecule has 2 N–H and O–H groups in total. The molecule has 2 aromatic rings. The average Bonchev–Trinajstić information content (AvgIpc) is 2.89. The van der Waals surface area contributed by atoms with Gasteiger partial charge in [0.1, 0.15) is 5.82 Å². The summed E-state index contributed by atoms with van der Waals surface area (Å²) in [4.78, 5) is 27.4. The fraction of sp³-hybridized carbons (Fsp3) is 0.214. The van der Waals surface area contributed by atoms with Gasteiger partial charge in [-0.1, -0.05) is 18.2 Å². The molecule has 1 aromatic heterocycles. The number of carbonyl (C=O) groups excluding carboxylic acids is 2. The van der Waals surface area contributed by atoms with Crippen LogP contribution in [0.1, 0.15) is 16.2 Å². The van der Waals surface area contributed by atoms with Gasteiger partial charge in [0.25, 0.3) is 5.91 Å². The summed E-state index contributed by atoms with van der Waals surface area (Å²) in [5, 5.41) is 5.26. The second kappa shape index (κ2) is 6.51. The third-order valence-electron chi connectivity index (χ3n) is 2.81. The number of amides is 2. The van der Waals surface area contributed by atoms with Crippen molar-refractivity contribution in [2.75, 3.05) is 6.54 Å². The predicted molar refractivity (Wildman–Crippen MR) is 73.8 cm³/mol. The Morgan fingerprint density at radius 2 is 1.95 bits per heavy atom. The maximum absolute atomic E-state index is 11.7. The van der Waals surface area contributed by atoms with E-state index < -0.39 is 0 Å². The fourth-order valence-corrected chi connectivity index (χ4v) is 1.66. The minimum Gasteiger partial charge on any atom is -0.347 e. The molecule has 0 unspecified atom stereocenters. The van der Waals surface area contributed by atoms with E-state index in [1.165, 1.54) is 0 Å². The summed E-state index contributed by atoms with van der Waals surface area (Å²) < 4.78 is 1.82. The zero-order chi connectivity index (χ0) is 14.4. The monoisotopic (exact) mass is 272 g/mol. The van der Waals surface area contributed by atoms with Crippen molar-refractivity contribution in [1.29, 1.82) is 0 Å². The Labute approximate surface area is 116 Å². The normalized spacial score (nSPS) is 10.1. The van der Waals surface area contributed by atoms with E-state index in [1.54, 1.807) is 36.7 Å². The number of hydrogen-bond acceptors (Lipinski definition) is 3. The second-order valence-corrected chi connectivity index (χ2v) is 4.28. The van der Waals surface area contributed by atoms with Crippen LogP contribution in [-0.2, 0) is 18.4 Å². The van der Waals surface area contributed by atoms with Crippen molar-refractivity contribution in [3.63, 3.8) is 0 Å². The molecule has 0 fully saturated rings. The highest BCUT2D eigenvalue weighted by Crippen LogP contribution is 1.97. The van der Waals surface area contributed by atoms with Gasteiger partial charge in [-0.15, -0.1) is 0 Å². The number of rotatable bonds is 5. The highest BCUT2D eigenvalue weighted by Gasteiger charge is 2.08. The van der Waals surface area contributed by atoms with Crippen LogP contribution in [-0.4, -0.2) is 27.9 Å². The number of carbonyl (C=O) groups is 2. The molecule has 6 heteroatoms. The molecule has 6 nitrogen and oxygen atoms in total. The Kier molecular flexibility index (Phi) is 4.49. The summed E-state index contributed by atoms with van der Waals surface area (Å²) >= 11 is 0. The highest BCUT2D eigenvalue weighted by molar-refractivity contribution is 5.96. The van der Waals surface area contributed by atoms with Gasteiger partial charge in [-0.25, -0.2) is 4.98 Å². The van der Waals surface area contributed by atoms with Gasteiger partial charge in [0, 0.05) is 25.0 Å². The van der Waals surface area contributed by atoms with E-state index in [9.17, 15) is 9.59 Å². The van der Waals surface area contributed by atoms with Crippen LogP contribution in [0.4, 0.5) is 0 Å². The molecule has 0 aliphatic rings. The van der Waals surface area contributed by atoms with E-state index >= 15 is 0 Å². The molecule has 0 aliphatic heterocycles. The van der Waals surface area contributed by atoms with Crippen molar-refractivity contribution in [3.05, 3.63) is 54.1 Å². The van der Waals surface area contributed by atoms with Gasteiger partial charge in [-0.05, 0) is 12.1 Å². The third-order valence-corrected chi connectivity index (χ3v) is 2.81. The maximum atomic E-state index is 11.7. The number of nitrogens with one attached hydrogen (secondary N) is 2. The minimum absolute atomic E-state index is 0.0574. The number of aryl methyl sites for hydroxylation is 1. The number of hydrogen-bond donors (Lipinski definition) is 2. The van der Waals surface area contributed by atoms with Crippen LogP contribution >= 0.6 is 0 Å². The molecule has 0 saturated heterocycles. The van der Waals surface area contributed by atoms with Gasteiger partial charge in [-0.3, -0.25) is 9.59 Å². The first-order chi connectivity index (χ1) is 9.66. The lowest BCUT2D eigenvalue weighted by molar-refractivity contribution is -0.120. The first kappa shape index (κ1) is 13.8. The molecule has 0 atom stereocenters. The molecule has 1 aromatic carbocycles. The van der Waals surface area contributed by atoms with Gasteiger partial charge >= 0.3 is 0 Å².